The van der Waals surface area contributed by atoms with Crippen molar-refractivity contribution in [1.82, 2.24) is 4.90 Å². The number of hydrogen-bond acceptors (Lipinski definition) is 1. The molecule has 0 N–H and O–H groups in total. The van der Waals surface area contributed by atoms with E-state index in [1.54, 1.807) is 0 Å². The number of rotatable bonds is 1. The molecule has 0 radical (unpaired) electrons. The second-order valence-corrected chi connectivity index (χ2v) is 4.44. The lowest BCUT2D eigenvalue weighted by Gasteiger charge is -2.31. The molecule has 1 aliphatic heterocycles. The maximum absolute atomic E-state index is 4.08. The van der Waals surface area contributed by atoms with E-state index in [4.69, 9.17) is 0 Å². The minimum Gasteiger partial charge on any atom is -0.378 e. The molecule has 0 saturated carbocycles. The van der Waals surface area contributed by atoms with E-state index in [0.29, 0.717) is 5.41 Å². The van der Waals surface area contributed by atoms with Crippen molar-refractivity contribution < 1.29 is 0 Å². The van der Waals surface area contributed by atoms with Crippen molar-refractivity contribution in [1.29, 1.82) is 0 Å². The van der Waals surface area contributed by atoms with Crippen molar-refractivity contribution in [2.45, 2.75) is 39.5 Å². The van der Waals surface area contributed by atoms with E-state index in [0.717, 1.165) is 0 Å². The van der Waals surface area contributed by atoms with Gasteiger partial charge >= 0.3 is 0 Å². The fourth-order valence-electron chi connectivity index (χ4n) is 1.96. The number of hydrogen-bond donors (Lipinski definition) is 0. The van der Waals surface area contributed by atoms with Crippen molar-refractivity contribution in [3.05, 3.63) is 12.3 Å². The van der Waals surface area contributed by atoms with Gasteiger partial charge in [0.15, 0.2) is 0 Å². The van der Waals surface area contributed by atoms with Crippen LogP contribution in [0.4, 0.5) is 0 Å². The molecule has 0 aromatic heterocycles. The predicted molar refractivity (Wildman–Crippen MR) is 54.0 cm³/mol. The van der Waals surface area contributed by atoms with E-state index in [-0.39, 0.29) is 0 Å². The normalized spacial score (nSPS) is 31.9. The van der Waals surface area contributed by atoms with Crippen LogP contribution in [-0.4, -0.2) is 18.5 Å². The third kappa shape index (κ3) is 2.02. The molecule has 0 aromatic rings. The summed E-state index contributed by atoms with van der Waals surface area (Å²) in [5.41, 5.74) is 1.83. The standard InChI is InChI=1S/C11H21N/c1-5-11(3)8-6-7-10(2)12(4)9-11/h2,5-9H2,1,3-4H3. The van der Waals surface area contributed by atoms with E-state index in [9.17, 15) is 0 Å². The number of likely N-dealkylation sites (tertiary alicyclic amines) is 1. The third-order valence-corrected chi connectivity index (χ3v) is 3.26. The molecule has 1 rings (SSSR count). The van der Waals surface area contributed by atoms with Gasteiger partial charge in [-0.05, 0) is 31.1 Å². The van der Waals surface area contributed by atoms with Gasteiger partial charge < -0.3 is 4.90 Å². The Kier molecular flexibility index (Phi) is 2.81. The highest BCUT2D eigenvalue weighted by Gasteiger charge is 2.26. The average molecular weight is 167 g/mol. The van der Waals surface area contributed by atoms with Gasteiger partial charge in [0.2, 0.25) is 0 Å². The van der Waals surface area contributed by atoms with Gasteiger partial charge in [-0.2, -0.15) is 0 Å². The number of allylic oxidation sites excluding steroid dienone is 1. The van der Waals surface area contributed by atoms with Crippen LogP contribution in [-0.2, 0) is 0 Å². The Balaban J connectivity index is 2.65. The lowest BCUT2D eigenvalue weighted by Crippen LogP contribution is -2.29. The van der Waals surface area contributed by atoms with Crippen LogP contribution in [0.5, 0.6) is 0 Å². The summed E-state index contributed by atoms with van der Waals surface area (Å²) >= 11 is 0. The first-order valence-electron chi connectivity index (χ1n) is 4.96. The lowest BCUT2D eigenvalue weighted by atomic mass is 9.83. The highest BCUT2D eigenvalue weighted by atomic mass is 15.1. The van der Waals surface area contributed by atoms with Crippen molar-refractivity contribution >= 4 is 0 Å². The maximum Gasteiger partial charge on any atom is 0.0225 e. The second kappa shape index (κ2) is 3.51. The van der Waals surface area contributed by atoms with Crippen molar-refractivity contribution in [3.8, 4) is 0 Å². The fraction of sp³-hybridized carbons (Fsp3) is 0.818. The van der Waals surface area contributed by atoms with Crippen LogP contribution < -0.4 is 0 Å². The molecule has 70 valence electrons. The molecule has 0 spiro atoms. The van der Waals surface area contributed by atoms with Gasteiger partial charge in [-0.25, -0.2) is 0 Å². The van der Waals surface area contributed by atoms with E-state index in [2.05, 4.69) is 32.4 Å². The summed E-state index contributed by atoms with van der Waals surface area (Å²) in [7, 11) is 2.17. The molecule has 1 fully saturated rings. The molecule has 1 atom stereocenters. The maximum atomic E-state index is 4.08. The van der Waals surface area contributed by atoms with Crippen LogP contribution in [0.1, 0.15) is 39.5 Å². The molecule has 0 aliphatic carbocycles. The summed E-state index contributed by atoms with van der Waals surface area (Å²) in [5, 5.41) is 0. The Morgan fingerprint density at radius 3 is 2.83 bits per heavy atom. The first kappa shape index (κ1) is 9.63. The molecule has 0 bridgehead atoms. The van der Waals surface area contributed by atoms with Gasteiger partial charge in [0.1, 0.15) is 0 Å². The Morgan fingerprint density at radius 1 is 1.58 bits per heavy atom. The predicted octanol–water partition coefficient (Wildman–Crippen LogP) is 3.03. The Morgan fingerprint density at radius 2 is 2.25 bits per heavy atom. The molecule has 1 saturated heterocycles. The molecule has 0 aromatic carbocycles. The van der Waals surface area contributed by atoms with E-state index in [1.165, 1.54) is 37.9 Å². The van der Waals surface area contributed by atoms with Crippen molar-refractivity contribution in [3.63, 3.8) is 0 Å². The second-order valence-electron chi connectivity index (χ2n) is 4.44. The smallest absolute Gasteiger partial charge is 0.0225 e. The number of nitrogens with zero attached hydrogens (tertiary/aromatic N) is 1. The summed E-state index contributed by atoms with van der Waals surface area (Å²) in [6, 6.07) is 0. The third-order valence-electron chi connectivity index (χ3n) is 3.26. The van der Waals surface area contributed by atoms with Crippen LogP contribution in [0.2, 0.25) is 0 Å². The molecular formula is C11H21N. The quantitative estimate of drug-likeness (QED) is 0.580. The Labute approximate surface area is 76.5 Å². The van der Waals surface area contributed by atoms with Crippen LogP contribution in [0.25, 0.3) is 0 Å². The zero-order chi connectivity index (χ0) is 9.19. The lowest BCUT2D eigenvalue weighted by molar-refractivity contribution is 0.218. The molecule has 1 heteroatoms. The molecule has 12 heavy (non-hydrogen) atoms. The monoisotopic (exact) mass is 167 g/mol. The SMILES string of the molecule is C=C1CCCC(C)(CC)CN1C. The molecule has 1 heterocycles. The van der Waals surface area contributed by atoms with Crippen LogP contribution in [0.15, 0.2) is 12.3 Å². The average Bonchev–Trinajstić information content (AvgIpc) is 2.14. The topological polar surface area (TPSA) is 3.24 Å². The zero-order valence-electron chi connectivity index (χ0n) is 8.69. The molecule has 1 aliphatic rings. The summed E-state index contributed by atoms with van der Waals surface area (Å²) < 4.78 is 0. The van der Waals surface area contributed by atoms with Gasteiger partial charge in [0.25, 0.3) is 0 Å². The largest absolute Gasteiger partial charge is 0.378 e. The molecule has 1 unspecified atom stereocenters. The van der Waals surface area contributed by atoms with Crippen LogP contribution in [0.3, 0.4) is 0 Å². The van der Waals surface area contributed by atoms with Gasteiger partial charge in [-0.3, -0.25) is 0 Å². The highest BCUT2D eigenvalue weighted by Crippen LogP contribution is 2.33. The van der Waals surface area contributed by atoms with E-state index < -0.39 is 0 Å². The minimum absolute atomic E-state index is 0.522. The summed E-state index contributed by atoms with van der Waals surface area (Å²) in [4.78, 5) is 2.33. The Bertz CT molecular complexity index is 174. The first-order valence-corrected chi connectivity index (χ1v) is 4.96. The first-order chi connectivity index (χ1) is 5.57. The summed E-state index contributed by atoms with van der Waals surface area (Å²) in [5.74, 6) is 0. The summed E-state index contributed by atoms with van der Waals surface area (Å²) in [6.45, 7) is 9.95. The summed E-state index contributed by atoms with van der Waals surface area (Å²) in [6.07, 6.45) is 5.14. The van der Waals surface area contributed by atoms with E-state index >= 15 is 0 Å². The highest BCUT2D eigenvalue weighted by molar-refractivity contribution is 4.97. The van der Waals surface area contributed by atoms with Crippen LogP contribution in [0, 0.1) is 5.41 Å². The Hall–Kier alpha value is -0.460. The van der Waals surface area contributed by atoms with Crippen LogP contribution >= 0.6 is 0 Å². The van der Waals surface area contributed by atoms with Gasteiger partial charge in [-0.1, -0.05) is 20.4 Å². The van der Waals surface area contributed by atoms with Gasteiger partial charge in [0.05, 0.1) is 0 Å². The van der Waals surface area contributed by atoms with Gasteiger partial charge in [0, 0.05) is 19.3 Å². The van der Waals surface area contributed by atoms with Gasteiger partial charge in [-0.15, -0.1) is 0 Å². The fourth-order valence-corrected chi connectivity index (χ4v) is 1.96. The molecule has 0 amide bonds. The zero-order valence-corrected chi connectivity index (χ0v) is 8.69. The molecular weight excluding hydrogens is 146 g/mol. The van der Waals surface area contributed by atoms with Crippen molar-refractivity contribution in [2.75, 3.05) is 13.6 Å². The molecule has 1 nitrogen and oxygen atoms in total. The van der Waals surface area contributed by atoms with Crippen molar-refractivity contribution in [2.24, 2.45) is 5.41 Å². The van der Waals surface area contributed by atoms with E-state index in [1.807, 2.05) is 0 Å². The minimum atomic E-state index is 0.522.